The van der Waals surface area contributed by atoms with Crippen LogP contribution in [0.2, 0.25) is 0 Å². The molecule has 0 saturated heterocycles. The zero-order valence-electron chi connectivity index (χ0n) is 8.02. The van der Waals surface area contributed by atoms with Crippen LogP contribution >= 0.6 is 0 Å². The second kappa shape index (κ2) is 3.98. The number of hydrogen-bond acceptors (Lipinski definition) is 4. The van der Waals surface area contributed by atoms with Gasteiger partial charge in [-0.2, -0.15) is 5.10 Å². The van der Waals surface area contributed by atoms with Gasteiger partial charge in [-0.15, -0.1) is 0 Å². The minimum atomic E-state index is -0.179. The Bertz CT molecular complexity index is 311. The van der Waals surface area contributed by atoms with Crippen molar-refractivity contribution in [1.82, 2.24) is 9.78 Å². The monoisotopic (exact) mass is 197 g/mol. The van der Waals surface area contributed by atoms with E-state index in [2.05, 4.69) is 5.10 Å². The van der Waals surface area contributed by atoms with Gasteiger partial charge in [0.2, 0.25) is 5.88 Å². The molecule has 1 unspecified atom stereocenters. The standard InChI is InChI=1S/C9H15N3O2/c10-8(2-4-13)7-6-11-12-3-1-5-14-9(7)12/h6,8,13H,1-5,10H2. The zero-order chi connectivity index (χ0) is 9.97. The van der Waals surface area contributed by atoms with Crippen molar-refractivity contribution in [3.05, 3.63) is 11.8 Å². The first kappa shape index (κ1) is 9.48. The van der Waals surface area contributed by atoms with Crippen LogP contribution in [0.25, 0.3) is 0 Å². The van der Waals surface area contributed by atoms with E-state index < -0.39 is 0 Å². The number of aliphatic hydroxyl groups is 1. The van der Waals surface area contributed by atoms with Crippen LogP contribution in [0, 0.1) is 0 Å². The van der Waals surface area contributed by atoms with Crippen molar-refractivity contribution in [2.45, 2.75) is 25.4 Å². The van der Waals surface area contributed by atoms with Gasteiger partial charge < -0.3 is 15.6 Å². The lowest BCUT2D eigenvalue weighted by atomic mass is 10.1. The van der Waals surface area contributed by atoms with Gasteiger partial charge in [0.1, 0.15) is 0 Å². The van der Waals surface area contributed by atoms with E-state index in [9.17, 15) is 0 Å². The number of ether oxygens (including phenoxy) is 1. The lowest BCUT2D eigenvalue weighted by molar-refractivity contribution is 0.224. The van der Waals surface area contributed by atoms with Crippen molar-refractivity contribution in [2.24, 2.45) is 5.73 Å². The summed E-state index contributed by atoms with van der Waals surface area (Å²) in [5, 5.41) is 13.0. The topological polar surface area (TPSA) is 73.3 Å². The number of aryl methyl sites for hydroxylation is 1. The molecule has 0 bridgehead atoms. The number of aromatic nitrogens is 2. The van der Waals surface area contributed by atoms with Crippen LogP contribution in [0.4, 0.5) is 0 Å². The van der Waals surface area contributed by atoms with E-state index >= 15 is 0 Å². The average Bonchev–Trinajstić information content (AvgIpc) is 2.61. The summed E-state index contributed by atoms with van der Waals surface area (Å²) < 4.78 is 7.33. The van der Waals surface area contributed by atoms with E-state index in [0.29, 0.717) is 6.42 Å². The molecule has 0 radical (unpaired) electrons. The number of nitrogens with two attached hydrogens (primary N) is 1. The first-order valence-electron chi connectivity index (χ1n) is 4.88. The maximum Gasteiger partial charge on any atom is 0.216 e. The molecule has 78 valence electrons. The van der Waals surface area contributed by atoms with Crippen molar-refractivity contribution in [3.8, 4) is 5.88 Å². The first-order valence-corrected chi connectivity index (χ1v) is 4.88. The molecule has 0 saturated carbocycles. The van der Waals surface area contributed by atoms with E-state index in [1.54, 1.807) is 6.20 Å². The van der Waals surface area contributed by atoms with Crippen molar-refractivity contribution < 1.29 is 9.84 Å². The molecule has 2 heterocycles. The summed E-state index contributed by atoms with van der Waals surface area (Å²) in [4.78, 5) is 0. The molecule has 0 amide bonds. The molecule has 2 rings (SSSR count). The highest BCUT2D eigenvalue weighted by atomic mass is 16.5. The second-order valence-electron chi connectivity index (χ2n) is 3.45. The van der Waals surface area contributed by atoms with Crippen LogP contribution < -0.4 is 10.5 Å². The molecular weight excluding hydrogens is 182 g/mol. The minimum absolute atomic E-state index is 0.0891. The Morgan fingerprint density at radius 2 is 2.57 bits per heavy atom. The molecule has 0 spiro atoms. The van der Waals surface area contributed by atoms with Crippen LogP contribution in [0.5, 0.6) is 5.88 Å². The molecule has 1 atom stereocenters. The Hall–Kier alpha value is -1.07. The van der Waals surface area contributed by atoms with Crippen LogP contribution in [0.15, 0.2) is 6.20 Å². The lowest BCUT2D eigenvalue weighted by Gasteiger charge is -2.18. The fraction of sp³-hybridized carbons (Fsp3) is 0.667. The third-order valence-corrected chi connectivity index (χ3v) is 2.41. The van der Waals surface area contributed by atoms with Gasteiger partial charge in [-0.25, -0.2) is 4.68 Å². The first-order chi connectivity index (χ1) is 6.83. The Morgan fingerprint density at radius 1 is 1.71 bits per heavy atom. The Morgan fingerprint density at radius 3 is 3.36 bits per heavy atom. The number of fused-ring (bicyclic) bond motifs is 1. The summed E-state index contributed by atoms with van der Waals surface area (Å²) in [5.41, 5.74) is 6.78. The lowest BCUT2D eigenvalue weighted by Crippen LogP contribution is -2.18. The molecule has 1 aliphatic rings. The highest BCUT2D eigenvalue weighted by Crippen LogP contribution is 2.27. The van der Waals surface area contributed by atoms with Crippen LogP contribution in [0.3, 0.4) is 0 Å². The minimum Gasteiger partial charge on any atom is -0.478 e. The predicted octanol–water partition coefficient (Wildman–Crippen LogP) is 0.0478. The van der Waals surface area contributed by atoms with Gasteiger partial charge in [0, 0.05) is 25.6 Å². The molecule has 5 heteroatoms. The average molecular weight is 197 g/mol. The molecule has 0 fully saturated rings. The quantitative estimate of drug-likeness (QED) is 0.718. The number of aliphatic hydroxyl groups excluding tert-OH is 1. The largest absolute Gasteiger partial charge is 0.478 e. The summed E-state index contributed by atoms with van der Waals surface area (Å²) in [6.45, 7) is 1.71. The fourth-order valence-electron chi connectivity index (χ4n) is 1.64. The highest BCUT2D eigenvalue weighted by molar-refractivity contribution is 5.28. The summed E-state index contributed by atoms with van der Waals surface area (Å²) in [5.74, 6) is 0.775. The van der Waals surface area contributed by atoms with E-state index in [1.165, 1.54) is 0 Å². The fourth-order valence-corrected chi connectivity index (χ4v) is 1.64. The van der Waals surface area contributed by atoms with Crippen molar-refractivity contribution in [1.29, 1.82) is 0 Å². The summed E-state index contributed by atoms with van der Waals surface area (Å²) in [7, 11) is 0. The molecule has 1 aliphatic heterocycles. The normalized spacial score (nSPS) is 17.3. The summed E-state index contributed by atoms with van der Waals surface area (Å²) in [6.07, 6.45) is 3.27. The Labute approximate surface area is 82.5 Å². The Balaban J connectivity index is 2.21. The van der Waals surface area contributed by atoms with Crippen molar-refractivity contribution in [2.75, 3.05) is 13.2 Å². The van der Waals surface area contributed by atoms with Gasteiger partial charge in [0.05, 0.1) is 18.4 Å². The van der Waals surface area contributed by atoms with Crippen molar-refractivity contribution >= 4 is 0 Å². The van der Waals surface area contributed by atoms with Crippen LogP contribution in [-0.4, -0.2) is 28.1 Å². The van der Waals surface area contributed by atoms with Gasteiger partial charge in [-0.3, -0.25) is 0 Å². The molecule has 0 aliphatic carbocycles. The maximum absolute atomic E-state index is 8.79. The van der Waals surface area contributed by atoms with Gasteiger partial charge in [0.25, 0.3) is 0 Å². The number of nitrogens with zero attached hydrogens (tertiary/aromatic N) is 2. The van der Waals surface area contributed by atoms with Gasteiger partial charge in [-0.05, 0) is 6.42 Å². The van der Waals surface area contributed by atoms with E-state index in [1.807, 2.05) is 4.68 Å². The molecule has 3 N–H and O–H groups in total. The molecular formula is C9H15N3O2. The van der Waals surface area contributed by atoms with E-state index in [-0.39, 0.29) is 12.6 Å². The van der Waals surface area contributed by atoms with Crippen LogP contribution in [-0.2, 0) is 6.54 Å². The van der Waals surface area contributed by atoms with E-state index in [4.69, 9.17) is 15.6 Å². The summed E-state index contributed by atoms with van der Waals surface area (Å²) in [6, 6.07) is -0.179. The highest BCUT2D eigenvalue weighted by Gasteiger charge is 2.20. The second-order valence-corrected chi connectivity index (χ2v) is 3.45. The predicted molar refractivity (Wildman–Crippen MR) is 51.0 cm³/mol. The van der Waals surface area contributed by atoms with Gasteiger partial charge in [0.15, 0.2) is 0 Å². The number of rotatable bonds is 3. The van der Waals surface area contributed by atoms with Gasteiger partial charge >= 0.3 is 0 Å². The summed E-state index contributed by atoms with van der Waals surface area (Å²) >= 11 is 0. The SMILES string of the molecule is NC(CCO)c1cnn2c1OCCC2. The third-order valence-electron chi connectivity index (χ3n) is 2.41. The maximum atomic E-state index is 8.79. The zero-order valence-corrected chi connectivity index (χ0v) is 8.02. The van der Waals surface area contributed by atoms with Gasteiger partial charge in [-0.1, -0.05) is 0 Å². The molecule has 0 aromatic carbocycles. The van der Waals surface area contributed by atoms with Crippen molar-refractivity contribution in [3.63, 3.8) is 0 Å². The smallest absolute Gasteiger partial charge is 0.216 e. The third kappa shape index (κ3) is 1.60. The molecule has 5 nitrogen and oxygen atoms in total. The number of hydrogen-bond donors (Lipinski definition) is 2. The molecule has 1 aromatic heterocycles. The van der Waals surface area contributed by atoms with Crippen LogP contribution in [0.1, 0.15) is 24.4 Å². The molecule has 1 aromatic rings. The van der Waals surface area contributed by atoms with E-state index in [0.717, 1.165) is 31.0 Å². The molecule has 14 heavy (non-hydrogen) atoms. The Kier molecular flexibility index (Phi) is 2.69.